The lowest BCUT2D eigenvalue weighted by Gasteiger charge is -2.46. The maximum absolute atomic E-state index is 9.91. The van der Waals surface area contributed by atoms with E-state index in [9.17, 15) is 8.22 Å². The van der Waals surface area contributed by atoms with E-state index in [0.29, 0.717) is 5.69 Å². The van der Waals surface area contributed by atoms with Crippen molar-refractivity contribution in [3.8, 4) is 83.6 Å². The van der Waals surface area contributed by atoms with Crippen LogP contribution in [0, 0.1) is 0 Å². The van der Waals surface area contributed by atoms with Crippen molar-refractivity contribution >= 4 is 79.0 Å². The van der Waals surface area contributed by atoms with Crippen molar-refractivity contribution in [2.75, 3.05) is 9.80 Å². The minimum Gasteiger partial charge on any atom is -0.311 e. The number of rotatable bonds is 9. The highest BCUT2D eigenvalue weighted by molar-refractivity contribution is 7.00. The number of nitrogens with zero attached hydrogens (tertiary/aromatic N) is 3. The number of fused-ring (bicyclic) bond motifs is 10. The molecule has 3 nitrogen and oxygen atoms in total. The normalized spacial score (nSPS) is 14.7. The van der Waals surface area contributed by atoms with E-state index in [2.05, 4.69) is 341 Å². The van der Waals surface area contributed by atoms with Gasteiger partial charge in [-0.2, -0.15) is 0 Å². The summed E-state index contributed by atoms with van der Waals surface area (Å²) < 4.78 is 77.7. The lowest BCUT2D eigenvalue weighted by atomic mass is 9.33. The van der Waals surface area contributed by atoms with Crippen LogP contribution in [0.4, 0.5) is 34.1 Å². The lowest BCUT2D eigenvalue weighted by molar-refractivity contribution is 0.569. The molecule has 2 aliphatic heterocycles. The first-order valence-corrected chi connectivity index (χ1v) is 36.1. The molecule has 3 heterocycles. The summed E-state index contributed by atoms with van der Waals surface area (Å²) in [5.74, 6) is 0. The highest BCUT2D eigenvalue weighted by Gasteiger charge is 2.46. The predicted octanol–water partition coefficient (Wildman–Crippen LogP) is 25.1. The average molecular weight is 1330 g/mol. The molecule has 1 aliphatic carbocycles. The van der Waals surface area contributed by atoms with Gasteiger partial charge < -0.3 is 14.4 Å². The van der Waals surface area contributed by atoms with E-state index >= 15 is 0 Å². The Morgan fingerprint density at radius 1 is 0.320 bits per heavy atom. The van der Waals surface area contributed by atoms with Gasteiger partial charge in [-0.3, -0.25) is 0 Å². The van der Waals surface area contributed by atoms with Crippen molar-refractivity contribution < 1.29 is 11.0 Å². The molecule has 4 heteroatoms. The maximum atomic E-state index is 9.91. The molecule has 14 aromatic carbocycles. The number of hydrogen-bond donors (Lipinski definition) is 0. The molecular weight excluding hydrogens is 1240 g/mol. The van der Waals surface area contributed by atoms with E-state index in [4.69, 9.17) is 2.74 Å². The molecule has 0 atom stereocenters. The standard InChI is InChI=1S/C99H84BN3/c1-96(2,3)72-52-70(53-73(59-72)97(4,5)6)67-47-49-85-89(56-67)102(76-54-68(63-31-16-12-17-32-63)51-69(55-76)64-33-18-13-19-34-64)91-57-71(77-42-30-44-84-93(77)80-41-24-27-43-83(80)99(84,10)11)58-92-94(91)100(85)86-50-48-75(101-87-45-28-25-39-78(87)79-40-26-29-46-88(79)101)62-90(86)103(92)95-81(65-35-20-14-21-36-65)60-74(98(7,8)9)61-82(95)66-37-22-15-23-38-66/h12-62H,1-11H3/i25D,26D,28D,29D,39D,40D,45D,46D. The zero-order valence-corrected chi connectivity index (χ0v) is 60.2. The molecule has 0 fully saturated rings. The van der Waals surface area contributed by atoms with Crippen LogP contribution in [0.25, 0.3) is 105 Å². The zero-order chi connectivity index (χ0) is 77.4. The Kier molecular flexibility index (Phi) is 12.8. The molecule has 3 aliphatic rings. The van der Waals surface area contributed by atoms with Gasteiger partial charge in [0.05, 0.1) is 27.7 Å². The largest absolute Gasteiger partial charge is 0.311 e. The van der Waals surface area contributed by atoms with E-state index in [1.165, 1.54) is 33.4 Å². The van der Waals surface area contributed by atoms with Gasteiger partial charge in [0.15, 0.2) is 0 Å². The van der Waals surface area contributed by atoms with Crippen LogP contribution in [-0.4, -0.2) is 11.3 Å². The van der Waals surface area contributed by atoms with Gasteiger partial charge in [0, 0.05) is 61.4 Å². The second-order valence-electron chi connectivity index (χ2n) is 31.9. The number of anilines is 6. The van der Waals surface area contributed by atoms with Gasteiger partial charge in [-0.25, -0.2) is 0 Å². The first-order valence-electron chi connectivity index (χ1n) is 40.1. The minimum atomic E-state index is -0.497. The molecule has 0 saturated heterocycles. The molecule has 0 unspecified atom stereocenters. The quantitative estimate of drug-likeness (QED) is 0.133. The Hall–Kier alpha value is -11.5. The number of benzene rings is 14. The Bertz CT molecular complexity index is 6180. The smallest absolute Gasteiger partial charge is 0.252 e. The Labute approximate surface area is 619 Å². The highest BCUT2D eigenvalue weighted by Crippen LogP contribution is 2.57. The van der Waals surface area contributed by atoms with Crippen LogP contribution in [0.5, 0.6) is 0 Å². The van der Waals surface area contributed by atoms with Crippen molar-refractivity contribution in [1.29, 1.82) is 0 Å². The molecule has 498 valence electrons. The molecule has 103 heavy (non-hydrogen) atoms. The summed E-state index contributed by atoms with van der Waals surface area (Å²) in [6, 6.07) is 92.2. The lowest BCUT2D eigenvalue weighted by Crippen LogP contribution is -2.61. The topological polar surface area (TPSA) is 11.4 Å². The van der Waals surface area contributed by atoms with E-state index in [0.717, 1.165) is 123 Å². The van der Waals surface area contributed by atoms with Gasteiger partial charge in [-0.15, -0.1) is 0 Å². The summed E-state index contributed by atoms with van der Waals surface area (Å²) in [5.41, 5.74) is 28.9. The van der Waals surface area contributed by atoms with Crippen LogP contribution in [0.15, 0.2) is 309 Å². The predicted molar refractivity (Wildman–Crippen MR) is 441 cm³/mol. The van der Waals surface area contributed by atoms with E-state index in [1.54, 1.807) is 4.57 Å². The fraction of sp³-hybridized carbons (Fsp3) is 0.152. The molecule has 0 N–H and O–H groups in total. The highest BCUT2D eigenvalue weighted by atomic mass is 15.2. The van der Waals surface area contributed by atoms with E-state index in [1.807, 2.05) is 6.07 Å². The van der Waals surface area contributed by atoms with Crippen LogP contribution < -0.4 is 26.2 Å². The van der Waals surface area contributed by atoms with Crippen molar-refractivity contribution in [2.24, 2.45) is 0 Å². The van der Waals surface area contributed by atoms with Gasteiger partial charge in [-0.1, -0.05) is 313 Å². The number of aromatic nitrogens is 1. The van der Waals surface area contributed by atoms with Crippen molar-refractivity contribution in [1.82, 2.24) is 4.57 Å². The third-order valence-electron chi connectivity index (χ3n) is 22.0. The molecule has 0 radical (unpaired) electrons. The van der Waals surface area contributed by atoms with Gasteiger partial charge in [-0.05, 0) is 200 Å². The van der Waals surface area contributed by atoms with Gasteiger partial charge >= 0.3 is 0 Å². The minimum absolute atomic E-state index is 0.0133. The third-order valence-corrected chi connectivity index (χ3v) is 22.0. The fourth-order valence-corrected chi connectivity index (χ4v) is 16.6. The van der Waals surface area contributed by atoms with E-state index < -0.39 is 43.0 Å². The second kappa shape index (κ2) is 23.8. The van der Waals surface area contributed by atoms with Crippen molar-refractivity contribution in [3.63, 3.8) is 0 Å². The van der Waals surface area contributed by atoms with Crippen LogP contribution >= 0.6 is 0 Å². The summed E-state index contributed by atoms with van der Waals surface area (Å²) in [6.07, 6.45) is 0. The van der Waals surface area contributed by atoms with Crippen LogP contribution in [-0.2, 0) is 21.7 Å². The fourth-order valence-electron chi connectivity index (χ4n) is 16.6. The Balaban J connectivity index is 1.06. The SMILES string of the molecule is [2H]c1c([2H])c([2H])c2c(c1[2H])c1c([2H])c([2H])c([2H])c([2H])c1n2-c1ccc2c(c1)N(c1c(-c3ccccc3)cc(C(C)(C)C)cc1-c1ccccc1)c1cc(-c3cccc4c3-c3ccccc3C4(C)C)cc3c1B2c1ccc(-c2cc(C(C)(C)C)cc(C(C)(C)C)c2)cc1N3c1cc(-c2ccccc2)cc(-c2ccccc2)c1. The summed E-state index contributed by atoms with van der Waals surface area (Å²) in [5, 5.41) is 0.0266. The second-order valence-corrected chi connectivity index (χ2v) is 31.9. The summed E-state index contributed by atoms with van der Waals surface area (Å²) in [7, 11) is 0. The van der Waals surface area contributed by atoms with Crippen molar-refractivity contribution in [3.05, 3.63) is 337 Å². The number of hydrogen-bond acceptors (Lipinski definition) is 2. The first kappa shape index (κ1) is 55.3. The number of para-hydroxylation sites is 2. The van der Waals surface area contributed by atoms with Crippen molar-refractivity contribution in [2.45, 2.75) is 97.8 Å². The monoisotopic (exact) mass is 1330 g/mol. The molecular formula is C99H84BN3. The summed E-state index contributed by atoms with van der Waals surface area (Å²) in [6.45, 7) is 24.8. The van der Waals surface area contributed by atoms with Gasteiger partial charge in [0.2, 0.25) is 0 Å². The first-order chi connectivity index (χ1) is 53.1. The molecule has 18 rings (SSSR count). The summed E-state index contributed by atoms with van der Waals surface area (Å²) in [4.78, 5) is 5.04. The van der Waals surface area contributed by atoms with Crippen LogP contribution in [0.1, 0.15) is 115 Å². The van der Waals surface area contributed by atoms with Crippen LogP contribution in [0.3, 0.4) is 0 Å². The molecule has 1 aromatic heterocycles. The molecule has 0 saturated carbocycles. The summed E-state index contributed by atoms with van der Waals surface area (Å²) >= 11 is 0. The maximum Gasteiger partial charge on any atom is 0.252 e. The van der Waals surface area contributed by atoms with E-state index in [-0.39, 0.29) is 55.6 Å². The molecule has 0 bridgehead atoms. The Morgan fingerprint density at radius 3 is 1.32 bits per heavy atom. The average Bonchev–Trinajstić information content (AvgIpc) is 1.48. The van der Waals surface area contributed by atoms with Crippen LogP contribution in [0.2, 0.25) is 0 Å². The molecule has 0 spiro atoms. The molecule has 15 aromatic rings. The van der Waals surface area contributed by atoms with Gasteiger partial charge in [0.1, 0.15) is 0 Å². The Morgan fingerprint density at radius 2 is 0.767 bits per heavy atom. The van der Waals surface area contributed by atoms with Gasteiger partial charge in [0.25, 0.3) is 6.71 Å². The zero-order valence-electron chi connectivity index (χ0n) is 68.2. The molecule has 0 amide bonds. The third kappa shape index (κ3) is 10.5.